The van der Waals surface area contributed by atoms with E-state index >= 15 is 0 Å². The number of para-hydroxylation sites is 1. The summed E-state index contributed by atoms with van der Waals surface area (Å²) >= 11 is 3.09. The Morgan fingerprint density at radius 2 is 2.00 bits per heavy atom. The summed E-state index contributed by atoms with van der Waals surface area (Å²) in [5, 5.41) is 0. The SMILES string of the molecule is Cc1cccc(N)c1Oc1ccc(Br)c(F)c1. The average Bonchev–Trinajstić information content (AvgIpc) is 2.28. The van der Waals surface area contributed by atoms with Crippen LogP contribution in [-0.2, 0) is 0 Å². The van der Waals surface area contributed by atoms with Crippen molar-refractivity contribution >= 4 is 21.6 Å². The van der Waals surface area contributed by atoms with Crippen LogP contribution < -0.4 is 10.5 Å². The lowest BCUT2D eigenvalue weighted by atomic mass is 10.2. The lowest BCUT2D eigenvalue weighted by Crippen LogP contribution is -1.94. The van der Waals surface area contributed by atoms with Crippen molar-refractivity contribution in [1.82, 2.24) is 0 Å². The van der Waals surface area contributed by atoms with Crippen LogP contribution in [0.3, 0.4) is 0 Å². The van der Waals surface area contributed by atoms with Gasteiger partial charge in [-0.25, -0.2) is 4.39 Å². The van der Waals surface area contributed by atoms with Crippen LogP contribution in [0.4, 0.5) is 10.1 Å². The molecule has 88 valence electrons. The third-order valence-corrected chi connectivity index (χ3v) is 3.00. The molecule has 0 saturated carbocycles. The molecular weight excluding hydrogens is 285 g/mol. The van der Waals surface area contributed by atoms with Crippen molar-refractivity contribution in [2.24, 2.45) is 0 Å². The summed E-state index contributed by atoms with van der Waals surface area (Å²) in [7, 11) is 0. The number of anilines is 1. The number of benzene rings is 2. The molecule has 0 spiro atoms. The normalized spacial score (nSPS) is 10.3. The molecule has 2 aromatic rings. The van der Waals surface area contributed by atoms with Gasteiger partial charge in [-0.2, -0.15) is 0 Å². The van der Waals surface area contributed by atoms with Crippen molar-refractivity contribution in [2.45, 2.75) is 6.92 Å². The van der Waals surface area contributed by atoms with E-state index in [0.717, 1.165) is 5.56 Å². The number of nitrogens with two attached hydrogens (primary N) is 1. The maximum Gasteiger partial charge on any atom is 0.153 e. The van der Waals surface area contributed by atoms with Crippen LogP contribution in [0.5, 0.6) is 11.5 Å². The molecule has 0 saturated heterocycles. The molecule has 4 heteroatoms. The fourth-order valence-corrected chi connectivity index (χ4v) is 1.72. The highest BCUT2D eigenvalue weighted by molar-refractivity contribution is 9.10. The van der Waals surface area contributed by atoms with Crippen LogP contribution in [-0.4, -0.2) is 0 Å². The van der Waals surface area contributed by atoms with Crippen LogP contribution in [0.1, 0.15) is 5.56 Å². The molecule has 0 bridgehead atoms. The number of hydrogen-bond donors (Lipinski definition) is 1. The minimum atomic E-state index is -0.366. The highest BCUT2D eigenvalue weighted by Gasteiger charge is 2.07. The second-order valence-electron chi connectivity index (χ2n) is 3.67. The van der Waals surface area contributed by atoms with Gasteiger partial charge in [-0.1, -0.05) is 12.1 Å². The standard InChI is InChI=1S/C13H11BrFNO/c1-8-3-2-4-12(16)13(8)17-9-5-6-10(14)11(15)7-9/h2-7H,16H2,1H3. The molecule has 0 radical (unpaired) electrons. The first-order valence-electron chi connectivity index (χ1n) is 5.06. The quantitative estimate of drug-likeness (QED) is 0.840. The summed E-state index contributed by atoms with van der Waals surface area (Å²) in [6, 6.07) is 10.1. The van der Waals surface area contributed by atoms with E-state index in [9.17, 15) is 4.39 Å². The van der Waals surface area contributed by atoms with Gasteiger partial charge in [-0.05, 0) is 46.6 Å². The second kappa shape index (κ2) is 4.75. The summed E-state index contributed by atoms with van der Waals surface area (Å²) in [6.07, 6.45) is 0. The van der Waals surface area contributed by atoms with E-state index in [2.05, 4.69) is 15.9 Å². The van der Waals surface area contributed by atoms with E-state index in [1.165, 1.54) is 6.07 Å². The Bertz CT molecular complexity index is 537. The number of halogens is 2. The Morgan fingerprint density at radius 1 is 1.24 bits per heavy atom. The van der Waals surface area contributed by atoms with Crippen LogP contribution in [0.25, 0.3) is 0 Å². The first-order chi connectivity index (χ1) is 8.08. The molecule has 0 aromatic heterocycles. The Labute approximate surface area is 107 Å². The Kier molecular flexibility index (Phi) is 3.33. The maximum absolute atomic E-state index is 13.3. The molecule has 0 fully saturated rings. The molecule has 0 aliphatic rings. The largest absolute Gasteiger partial charge is 0.455 e. The van der Waals surface area contributed by atoms with Crippen molar-refractivity contribution in [1.29, 1.82) is 0 Å². The van der Waals surface area contributed by atoms with Crippen LogP contribution in [0.2, 0.25) is 0 Å². The number of ether oxygens (including phenoxy) is 1. The Hall–Kier alpha value is -1.55. The van der Waals surface area contributed by atoms with Gasteiger partial charge in [-0.3, -0.25) is 0 Å². The predicted molar refractivity (Wildman–Crippen MR) is 69.8 cm³/mol. The van der Waals surface area contributed by atoms with E-state index in [1.807, 2.05) is 19.1 Å². The number of rotatable bonds is 2. The van der Waals surface area contributed by atoms with E-state index < -0.39 is 0 Å². The molecule has 2 N–H and O–H groups in total. The highest BCUT2D eigenvalue weighted by Crippen LogP contribution is 2.32. The molecule has 0 aliphatic carbocycles. The molecule has 0 aliphatic heterocycles. The fraction of sp³-hybridized carbons (Fsp3) is 0.0769. The van der Waals surface area contributed by atoms with E-state index in [0.29, 0.717) is 21.7 Å². The van der Waals surface area contributed by atoms with Gasteiger partial charge >= 0.3 is 0 Å². The zero-order valence-corrected chi connectivity index (χ0v) is 10.8. The molecular formula is C13H11BrFNO. The average molecular weight is 296 g/mol. The molecule has 0 heterocycles. The highest BCUT2D eigenvalue weighted by atomic mass is 79.9. The van der Waals surface area contributed by atoms with Crippen LogP contribution >= 0.6 is 15.9 Å². The lowest BCUT2D eigenvalue weighted by molar-refractivity contribution is 0.475. The summed E-state index contributed by atoms with van der Waals surface area (Å²) < 4.78 is 19.3. The second-order valence-corrected chi connectivity index (χ2v) is 4.53. The molecule has 2 rings (SSSR count). The van der Waals surface area contributed by atoms with E-state index in [4.69, 9.17) is 10.5 Å². The van der Waals surface area contributed by atoms with Gasteiger partial charge < -0.3 is 10.5 Å². The van der Waals surface area contributed by atoms with E-state index in [1.54, 1.807) is 18.2 Å². The fourth-order valence-electron chi connectivity index (χ4n) is 1.47. The molecule has 2 nitrogen and oxygen atoms in total. The number of hydrogen-bond acceptors (Lipinski definition) is 2. The van der Waals surface area contributed by atoms with Gasteiger partial charge in [0.2, 0.25) is 0 Å². The maximum atomic E-state index is 13.3. The van der Waals surface area contributed by atoms with Crippen molar-refractivity contribution < 1.29 is 9.13 Å². The minimum Gasteiger partial charge on any atom is -0.455 e. The molecule has 0 unspecified atom stereocenters. The molecule has 2 aromatic carbocycles. The van der Waals surface area contributed by atoms with Gasteiger partial charge in [0.25, 0.3) is 0 Å². The van der Waals surface area contributed by atoms with Gasteiger partial charge in [0.1, 0.15) is 11.6 Å². The van der Waals surface area contributed by atoms with Crippen LogP contribution in [0, 0.1) is 12.7 Å². The van der Waals surface area contributed by atoms with Crippen molar-refractivity contribution in [3.63, 3.8) is 0 Å². The molecule has 17 heavy (non-hydrogen) atoms. The van der Waals surface area contributed by atoms with Gasteiger partial charge in [0.05, 0.1) is 10.2 Å². The number of nitrogen functional groups attached to an aromatic ring is 1. The third kappa shape index (κ3) is 2.58. The van der Waals surface area contributed by atoms with Gasteiger partial charge in [0, 0.05) is 6.07 Å². The van der Waals surface area contributed by atoms with Crippen molar-refractivity contribution in [3.05, 3.63) is 52.3 Å². The number of aryl methyl sites for hydroxylation is 1. The summed E-state index contributed by atoms with van der Waals surface area (Å²) in [5.74, 6) is 0.621. The van der Waals surface area contributed by atoms with Crippen molar-refractivity contribution in [2.75, 3.05) is 5.73 Å². The third-order valence-electron chi connectivity index (χ3n) is 2.35. The van der Waals surface area contributed by atoms with Gasteiger partial charge in [-0.15, -0.1) is 0 Å². The molecule has 0 atom stereocenters. The first-order valence-corrected chi connectivity index (χ1v) is 5.85. The first kappa shape index (κ1) is 11.9. The molecule has 0 amide bonds. The Morgan fingerprint density at radius 3 is 2.65 bits per heavy atom. The predicted octanol–water partition coefficient (Wildman–Crippen LogP) is 4.27. The lowest BCUT2D eigenvalue weighted by Gasteiger charge is -2.11. The zero-order chi connectivity index (χ0) is 12.4. The smallest absolute Gasteiger partial charge is 0.153 e. The summed E-state index contributed by atoms with van der Waals surface area (Å²) in [5.41, 5.74) is 7.26. The summed E-state index contributed by atoms with van der Waals surface area (Å²) in [6.45, 7) is 1.89. The zero-order valence-electron chi connectivity index (χ0n) is 9.21. The monoisotopic (exact) mass is 295 g/mol. The minimum absolute atomic E-state index is 0.366. The topological polar surface area (TPSA) is 35.2 Å². The van der Waals surface area contributed by atoms with Gasteiger partial charge in [0.15, 0.2) is 5.75 Å². The Balaban J connectivity index is 2.35. The summed E-state index contributed by atoms with van der Waals surface area (Å²) in [4.78, 5) is 0. The van der Waals surface area contributed by atoms with E-state index in [-0.39, 0.29) is 5.82 Å². The van der Waals surface area contributed by atoms with Crippen molar-refractivity contribution in [3.8, 4) is 11.5 Å². The van der Waals surface area contributed by atoms with Crippen LogP contribution in [0.15, 0.2) is 40.9 Å².